The Morgan fingerprint density at radius 1 is 1.29 bits per heavy atom. The Kier molecular flexibility index (Phi) is 3.65. The van der Waals surface area contributed by atoms with Gasteiger partial charge in [0.1, 0.15) is 0 Å². The molecular weight excluding hydrogens is 286 g/mol. The first-order chi connectivity index (χ1) is 10.2. The van der Waals surface area contributed by atoms with Gasteiger partial charge in [-0.15, -0.1) is 11.3 Å². The summed E-state index contributed by atoms with van der Waals surface area (Å²) in [5.74, 6) is -0.116. The van der Waals surface area contributed by atoms with Crippen LogP contribution in [0, 0.1) is 0 Å². The third-order valence-electron chi connectivity index (χ3n) is 2.89. The van der Waals surface area contributed by atoms with Crippen molar-refractivity contribution in [3.05, 3.63) is 47.6 Å². The maximum Gasteiger partial charge on any atom is 0.230 e. The topological polar surface area (TPSA) is 96.7 Å². The molecule has 0 unspecified atom stereocenters. The summed E-state index contributed by atoms with van der Waals surface area (Å²) < 4.78 is 0. The number of benzene rings is 1. The van der Waals surface area contributed by atoms with Gasteiger partial charge < -0.3 is 11.1 Å². The second-order valence-corrected chi connectivity index (χ2v) is 5.34. The number of hydrogen-bond acceptors (Lipinski definition) is 5. The zero-order valence-electron chi connectivity index (χ0n) is 11.0. The Labute approximate surface area is 125 Å². The Hall–Kier alpha value is -2.67. The molecule has 0 radical (unpaired) electrons. The molecule has 2 aromatic heterocycles. The lowest BCUT2D eigenvalue weighted by atomic mass is 10.1. The van der Waals surface area contributed by atoms with E-state index in [2.05, 4.69) is 20.5 Å². The normalized spacial score (nSPS) is 10.5. The van der Waals surface area contributed by atoms with Gasteiger partial charge in [0.2, 0.25) is 5.91 Å². The molecule has 4 N–H and O–H groups in total. The molecule has 0 aliphatic rings. The minimum atomic E-state index is -0.116. The van der Waals surface area contributed by atoms with E-state index in [1.807, 2.05) is 30.3 Å². The summed E-state index contributed by atoms with van der Waals surface area (Å²) in [5, 5.41) is 11.9. The first kappa shape index (κ1) is 13.3. The number of hydrogen-bond donors (Lipinski definition) is 3. The van der Waals surface area contributed by atoms with Crippen molar-refractivity contribution < 1.29 is 4.79 Å². The second-order valence-electron chi connectivity index (χ2n) is 4.45. The summed E-state index contributed by atoms with van der Waals surface area (Å²) in [6.45, 7) is 0. The van der Waals surface area contributed by atoms with Crippen LogP contribution in [0.4, 0.5) is 10.8 Å². The molecule has 1 aromatic carbocycles. The van der Waals surface area contributed by atoms with Crippen LogP contribution in [-0.2, 0) is 11.2 Å². The van der Waals surface area contributed by atoms with Crippen molar-refractivity contribution in [2.75, 3.05) is 11.1 Å². The molecule has 0 saturated heterocycles. The van der Waals surface area contributed by atoms with Gasteiger partial charge in [-0.1, -0.05) is 12.1 Å². The van der Waals surface area contributed by atoms with Crippen LogP contribution in [0.5, 0.6) is 0 Å². The Balaban J connectivity index is 1.63. The van der Waals surface area contributed by atoms with Crippen molar-refractivity contribution in [2.24, 2.45) is 0 Å². The van der Waals surface area contributed by atoms with Crippen LogP contribution in [0.3, 0.4) is 0 Å². The number of nitrogens with two attached hydrogens (primary N) is 1. The number of aromatic nitrogens is 3. The predicted octanol–water partition coefficient (Wildman–Crippen LogP) is 2.30. The average molecular weight is 299 g/mol. The number of H-pyrrole nitrogens is 1. The van der Waals surface area contributed by atoms with E-state index in [0.29, 0.717) is 10.8 Å². The molecule has 0 bridgehead atoms. The van der Waals surface area contributed by atoms with Crippen molar-refractivity contribution in [2.45, 2.75) is 6.42 Å². The van der Waals surface area contributed by atoms with Crippen molar-refractivity contribution in [1.82, 2.24) is 15.2 Å². The molecule has 2 heterocycles. The fourth-order valence-corrected chi connectivity index (χ4v) is 2.49. The monoisotopic (exact) mass is 299 g/mol. The smallest absolute Gasteiger partial charge is 0.230 e. The molecule has 106 valence electrons. The van der Waals surface area contributed by atoms with Gasteiger partial charge in [0.15, 0.2) is 5.13 Å². The van der Waals surface area contributed by atoms with Crippen molar-refractivity contribution in [1.29, 1.82) is 0 Å². The maximum absolute atomic E-state index is 11.9. The highest BCUT2D eigenvalue weighted by atomic mass is 32.1. The molecule has 0 spiro atoms. The second kappa shape index (κ2) is 5.76. The molecule has 0 fully saturated rings. The largest absolute Gasteiger partial charge is 0.375 e. The molecule has 6 nitrogen and oxygen atoms in total. The van der Waals surface area contributed by atoms with E-state index in [1.54, 1.807) is 11.6 Å². The van der Waals surface area contributed by atoms with Crippen LogP contribution in [-0.4, -0.2) is 21.1 Å². The van der Waals surface area contributed by atoms with Gasteiger partial charge in [0.05, 0.1) is 17.8 Å². The third-order valence-corrected chi connectivity index (χ3v) is 3.61. The van der Waals surface area contributed by atoms with Crippen LogP contribution in [0.15, 0.2) is 41.9 Å². The molecule has 0 saturated carbocycles. The zero-order chi connectivity index (χ0) is 14.7. The number of rotatable bonds is 4. The van der Waals surface area contributed by atoms with Gasteiger partial charge in [0.25, 0.3) is 0 Å². The van der Waals surface area contributed by atoms with Crippen LogP contribution in [0.25, 0.3) is 11.3 Å². The molecule has 0 aliphatic carbocycles. The summed E-state index contributed by atoms with van der Waals surface area (Å²) in [5.41, 5.74) is 8.91. The number of anilines is 2. The Morgan fingerprint density at radius 2 is 2.10 bits per heavy atom. The lowest BCUT2D eigenvalue weighted by Gasteiger charge is -2.05. The Bertz CT molecular complexity index is 733. The standard InChI is InChI=1S/C14H13N5OS/c15-14-18-11(8-21-14)7-13(20)17-10-3-1-9(2-4-10)12-5-6-16-19-12/h1-6,8H,7H2,(H2,15,18)(H,16,19)(H,17,20). The number of carbonyl (C=O) groups excluding carboxylic acids is 1. The van der Waals surface area contributed by atoms with Crippen LogP contribution in [0.1, 0.15) is 5.69 Å². The summed E-state index contributed by atoms with van der Waals surface area (Å²) in [4.78, 5) is 16.0. The average Bonchev–Trinajstić information content (AvgIpc) is 3.11. The highest BCUT2D eigenvalue weighted by Gasteiger charge is 2.07. The minimum absolute atomic E-state index is 0.116. The van der Waals surface area contributed by atoms with E-state index in [4.69, 9.17) is 5.73 Å². The van der Waals surface area contributed by atoms with E-state index < -0.39 is 0 Å². The molecule has 3 rings (SSSR count). The van der Waals surface area contributed by atoms with Crippen molar-refractivity contribution in [3.63, 3.8) is 0 Å². The van der Waals surface area contributed by atoms with Gasteiger partial charge in [0, 0.05) is 17.3 Å². The first-order valence-electron chi connectivity index (χ1n) is 6.30. The molecule has 3 aromatic rings. The van der Waals surface area contributed by atoms with Gasteiger partial charge in [-0.3, -0.25) is 9.89 Å². The fourth-order valence-electron chi connectivity index (χ4n) is 1.92. The van der Waals surface area contributed by atoms with E-state index in [9.17, 15) is 4.79 Å². The molecular formula is C14H13N5OS. The minimum Gasteiger partial charge on any atom is -0.375 e. The van der Waals surface area contributed by atoms with E-state index in [-0.39, 0.29) is 12.3 Å². The summed E-state index contributed by atoms with van der Waals surface area (Å²) in [7, 11) is 0. The van der Waals surface area contributed by atoms with Gasteiger partial charge in [-0.2, -0.15) is 5.10 Å². The number of thiazole rings is 1. The third kappa shape index (κ3) is 3.26. The Morgan fingerprint density at radius 3 is 2.71 bits per heavy atom. The number of carbonyl (C=O) groups is 1. The molecule has 7 heteroatoms. The molecule has 0 atom stereocenters. The fraction of sp³-hybridized carbons (Fsp3) is 0.0714. The zero-order valence-corrected chi connectivity index (χ0v) is 11.9. The van der Waals surface area contributed by atoms with Crippen LogP contribution >= 0.6 is 11.3 Å². The number of nitrogens with zero attached hydrogens (tertiary/aromatic N) is 2. The molecule has 21 heavy (non-hydrogen) atoms. The van der Waals surface area contributed by atoms with Crippen LogP contribution < -0.4 is 11.1 Å². The lowest BCUT2D eigenvalue weighted by Crippen LogP contribution is -2.14. The number of nitrogen functional groups attached to an aromatic ring is 1. The summed E-state index contributed by atoms with van der Waals surface area (Å²) in [6, 6.07) is 9.43. The van der Waals surface area contributed by atoms with E-state index in [1.165, 1.54) is 11.3 Å². The number of amides is 1. The van der Waals surface area contributed by atoms with Gasteiger partial charge >= 0.3 is 0 Å². The van der Waals surface area contributed by atoms with Gasteiger partial charge in [-0.05, 0) is 23.8 Å². The molecule has 0 aliphatic heterocycles. The van der Waals surface area contributed by atoms with Crippen molar-refractivity contribution in [3.8, 4) is 11.3 Å². The number of aromatic amines is 1. The predicted molar refractivity (Wildman–Crippen MR) is 82.9 cm³/mol. The highest BCUT2D eigenvalue weighted by molar-refractivity contribution is 7.13. The number of nitrogens with one attached hydrogen (secondary N) is 2. The SMILES string of the molecule is Nc1nc(CC(=O)Nc2ccc(-c3ccn[nH]3)cc2)cs1. The maximum atomic E-state index is 11.9. The lowest BCUT2D eigenvalue weighted by molar-refractivity contribution is -0.115. The van der Waals surface area contributed by atoms with E-state index in [0.717, 1.165) is 16.9 Å². The quantitative estimate of drug-likeness (QED) is 0.688. The first-order valence-corrected chi connectivity index (χ1v) is 7.18. The van der Waals surface area contributed by atoms with Gasteiger partial charge in [-0.25, -0.2) is 4.98 Å². The highest BCUT2D eigenvalue weighted by Crippen LogP contribution is 2.19. The molecule has 1 amide bonds. The van der Waals surface area contributed by atoms with Crippen LogP contribution in [0.2, 0.25) is 0 Å². The van der Waals surface area contributed by atoms with Crippen molar-refractivity contribution >= 4 is 28.1 Å². The summed E-state index contributed by atoms with van der Waals surface area (Å²) >= 11 is 1.33. The summed E-state index contributed by atoms with van der Waals surface area (Å²) in [6.07, 6.45) is 1.92. The van der Waals surface area contributed by atoms with E-state index >= 15 is 0 Å².